The third-order valence-corrected chi connectivity index (χ3v) is 7.79. The van der Waals surface area contributed by atoms with Crippen LogP contribution in [-0.2, 0) is 6.42 Å². The van der Waals surface area contributed by atoms with E-state index in [1.807, 2.05) is 18.2 Å². The number of aryl methyl sites for hydroxylation is 1. The number of likely N-dealkylation sites (tertiary alicyclic amines) is 1. The molecule has 0 amide bonds. The van der Waals surface area contributed by atoms with Crippen molar-refractivity contribution in [3.63, 3.8) is 0 Å². The van der Waals surface area contributed by atoms with E-state index in [4.69, 9.17) is 32.7 Å². The lowest BCUT2D eigenvalue weighted by atomic mass is 9.88. The fourth-order valence-electron chi connectivity index (χ4n) is 5.32. The summed E-state index contributed by atoms with van der Waals surface area (Å²) in [5.74, 6) is 2.29. The Morgan fingerprint density at radius 2 is 1.53 bits per heavy atom. The molecule has 6 heteroatoms. The molecular weight excluding hydrogens is 443 g/mol. The van der Waals surface area contributed by atoms with Gasteiger partial charge in [-0.1, -0.05) is 23.2 Å². The minimum atomic E-state index is 0.683. The van der Waals surface area contributed by atoms with Gasteiger partial charge in [0.05, 0.1) is 14.2 Å². The second-order valence-corrected chi connectivity index (χ2v) is 9.97. The van der Waals surface area contributed by atoms with Crippen LogP contribution < -0.4 is 14.4 Å². The number of rotatable bonds is 6. The standard InChI is InChI=1S/C26H34Cl2N2O2/c1-18-14-25(31-2)26(32-3)17-24(18)30-12-8-22(9-13-30)29-10-6-19(7-11-29)15-20-16-21(27)4-5-23(20)28/h4-5,14,16-17,19,22H,6-13,15H2,1-3H3. The molecule has 2 aromatic carbocycles. The number of ether oxygens (including phenoxy) is 2. The molecular formula is C26H34Cl2N2O2. The summed E-state index contributed by atoms with van der Waals surface area (Å²) in [6.45, 7) is 6.68. The van der Waals surface area contributed by atoms with Crippen LogP contribution in [-0.4, -0.2) is 51.3 Å². The van der Waals surface area contributed by atoms with E-state index in [9.17, 15) is 0 Å². The van der Waals surface area contributed by atoms with Gasteiger partial charge >= 0.3 is 0 Å². The Morgan fingerprint density at radius 1 is 0.875 bits per heavy atom. The van der Waals surface area contributed by atoms with Crippen molar-refractivity contribution < 1.29 is 9.47 Å². The zero-order valence-corrected chi connectivity index (χ0v) is 20.9. The molecule has 0 saturated carbocycles. The normalized spacial score (nSPS) is 18.7. The predicted molar refractivity (Wildman–Crippen MR) is 134 cm³/mol. The van der Waals surface area contributed by atoms with E-state index < -0.39 is 0 Å². The maximum atomic E-state index is 6.39. The van der Waals surface area contributed by atoms with Crippen molar-refractivity contribution >= 4 is 28.9 Å². The number of benzene rings is 2. The molecule has 0 N–H and O–H groups in total. The van der Waals surface area contributed by atoms with Crippen molar-refractivity contribution in [1.29, 1.82) is 0 Å². The molecule has 0 atom stereocenters. The summed E-state index contributed by atoms with van der Waals surface area (Å²) in [6, 6.07) is 10.7. The van der Waals surface area contributed by atoms with Gasteiger partial charge in [-0.3, -0.25) is 0 Å². The summed E-state index contributed by atoms with van der Waals surface area (Å²) >= 11 is 12.6. The first kappa shape index (κ1) is 23.5. The van der Waals surface area contributed by atoms with E-state index in [1.165, 1.54) is 55.6 Å². The quantitative estimate of drug-likeness (QED) is 0.492. The molecule has 0 aromatic heterocycles. The highest BCUT2D eigenvalue weighted by Crippen LogP contribution is 2.36. The number of hydrogen-bond donors (Lipinski definition) is 0. The first-order valence-corrected chi connectivity index (χ1v) is 12.4. The first-order valence-electron chi connectivity index (χ1n) is 11.6. The lowest BCUT2D eigenvalue weighted by Gasteiger charge is -2.42. The number of hydrogen-bond acceptors (Lipinski definition) is 4. The molecule has 2 aliphatic heterocycles. The highest BCUT2D eigenvalue weighted by atomic mass is 35.5. The van der Waals surface area contributed by atoms with Crippen molar-refractivity contribution in [2.45, 2.75) is 45.1 Å². The van der Waals surface area contributed by atoms with Crippen molar-refractivity contribution in [1.82, 2.24) is 4.90 Å². The number of halogens is 2. The van der Waals surface area contributed by atoms with Crippen LogP contribution in [0.3, 0.4) is 0 Å². The lowest BCUT2D eigenvalue weighted by molar-refractivity contribution is 0.115. The van der Waals surface area contributed by atoms with Crippen LogP contribution in [0.5, 0.6) is 11.5 Å². The molecule has 32 heavy (non-hydrogen) atoms. The lowest BCUT2D eigenvalue weighted by Crippen LogP contribution is -2.48. The molecule has 0 spiro atoms. The van der Waals surface area contributed by atoms with Crippen LogP contribution in [0.2, 0.25) is 10.0 Å². The summed E-state index contributed by atoms with van der Waals surface area (Å²) in [5.41, 5.74) is 3.69. The third-order valence-electron chi connectivity index (χ3n) is 7.19. The Labute approximate surface area is 202 Å². The van der Waals surface area contributed by atoms with E-state index in [-0.39, 0.29) is 0 Å². The first-order chi connectivity index (χ1) is 15.5. The summed E-state index contributed by atoms with van der Waals surface area (Å²) in [4.78, 5) is 5.22. The maximum absolute atomic E-state index is 6.39. The summed E-state index contributed by atoms with van der Waals surface area (Å²) in [6.07, 6.45) is 5.91. The number of nitrogens with zero attached hydrogens (tertiary/aromatic N) is 2. The highest BCUT2D eigenvalue weighted by Gasteiger charge is 2.29. The molecule has 4 nitrogen and oxygen atoms in total. The molecule has 2 saturated heterocycles. The van der Waals surface area contributed by atoms with Gasteiger partial charge in [-0.25, -0.2) is 0 Å². The second kappa shape index (κ2) is 10.5. The Morgan fingerprint density at radius 3 is 2.19 bits per heavy atom. The Balaban J connectivity index is 1.30. The fraction of sp³-hybridized carbons (Fsp3) is 0.538. The van der Waals surface area contributed by atoms with Crippen LogP contribution in [0.4, 0.5) is 5.69 Å². The van der Waals surface area contributed by atoms with Crippen LogP contribution in [0.15, 0.2) is 30.3 Å². The molecule has 2 heterocycles. The van der Waals surface area contributed by atoms with Gasteiger partial charge < -0.3 is 19.3 Å². The van der Waals surface area contributed by atoms with Crippen molar-refractivity contribution in [3.8, 4) is 11.5 Å². The maximum Gasteiger partial charge on any atom is 0.162 e. The van der Waals surface area contributed by atoms with Crippen LogP contribution in [0.25, 0.3) is 0 Å². The van der Waals surface area contributed by atoms with Crippen LogP contribution >= 0.6 is 23.2 Å². The van der Waals surface area contributed by atoms with Gasteiger partial charge in [0.15, 0.2) is 11.5 Å². The van der Waals surface area contributed by atoms with Crippen molar-refractivity contribution in [2.24, 2.45) is 5.92 Å². The van der Waals surface area contributed by atoms with Gasteiger partial charge in [0.25, 0.3) is 0 Å². The number of anilines is 1. The van der Waals surface area contributed by atoms with E-state index in [0.717, 1.165) is 41.1 Å². The molecule has 0 unspecified atom stereocenters. The van der Waals surface area contributed by atoms with Crippen molar-refractivity contribution in [3.05, 3.63) is 51.5 Å². The van der Waals surface area contributed by atoms with Crippen LogP contribution in [0, 0.1) is 12.8 Å². The topological polar surface area (TPSA) is 24.9 Å². The van der Waals surface area contributed by atoms with Gasteiger partial charge in [0.1, 0.15) is 0 Å². The van der Waals surface area contributed by atoms with E-state index >= 15 is 0 Å². The second-order valence-electron chi connectivity index (χ2n) is 9.13. The number of piperidine rings is 2. The molecule has 4 rings (SSSR count). The zero-order chi connectivity index (χ0) is 22.7. The Kier molecular flexibility index (Phi) is 7.75. The molecule has 2 fully saturated rings. The summed E-state index contributed by atoms with van der Waals surface area (Å²) in [5, 5.41) is 1.62. The predicted octanol–water partition coefficient (Wildman–Crippen LogP) is 6.24. The van der Waals surface area contributed by atoms with Gasteiger partial charge in [0.2, 0.25) is 0 Å². The van der Waals surface area contributed by atoms with Crippen molar-refractivity contribution in [2.75, 3.05) is 45.3 Å². The van der Waals surface area contributed by atoms with Crippen LogP contribution in [0.1, 0.15) is 36.8 Å². The minimum Gasteiger partial charge on any atom is -0.493 e. The molecule has 0 bridgehead atoms. The Hall–Kier alpha value is -1.62. The van der Waals surface area contributed by atoms with Gasteiger partial charge in [0, 0.05) is 40.9 Å². The minimum absolute atomic E-state index is 0.683. The smallest absolute Gasteiger partial charge is 0.162 e. The zero-order valence-electron chi connectivity index (χ0n) is 19.4. The molecule has 0 aliphatic carbocycles. The molecule has 2 aromatic rings. The van der Waals surface area contributed by atoms with E-state index in [0.29, 0.717) is 12.0 Å². The largest absolute Gasteiger partial charge is 0.493 e. The fourth-order valence-corrected chi connectivity index (χ4v) is 5.70. The third kappa shape index (κ3) is 5.30. The summed E-state index contributed by atoms with van der Waals surface area (Å²) in [7, 11) is 3.39. The molecule has 0 radical (unpaired) electrons. The van der Waals surface area contributed by atoms with Gasteiger partial charge in [-0.15, -0.1) is 0 Å². The van der Waals surface area contributed by atoms with Gasteiger partial charge in [-0.2, -0.15) is 0 Å². The average molecular weight is 477 g/mol. The monoisotopic (exact) mass is 476 g/mol. The molecule has 2 aliphatic rings. The summed E-state index contributed by atoms with van der Waals surface area (Å²) < 4.78 is 11.0. The SMILES string of the molecule is COc1cc(C)c(N2CCC(N3CCC(Cc4cc(Cl)ccc4Cl)CC3)CC2)cc1OC. The van der Waals surface area contributed by atoms with Gasteiger partial charge in [-0.05, 0) is 93.4 Å². The molecule has 174 valence electrons. The van der Waals surface area contributed by atoms with E-state index in [2.05, 4.69) is 28.9 Å². The Bertz CT molecular complexity index is 920. The van der Waals surface area contributed by atoms with E-state index in [1.54, 1.807) is 14.2 Å². The average Bonchev–Trinajstić information content (AvgIpc) is 2.82. The number of methoxy groups -OCH3 is 2. The highest BCUT2D eigenvalue weighted by molar-refractivity contribution is 6.33.